The number of carbonyl (C=O) groups is 1. The predicted molar refractivity (Wildman–Crippen MR) is 75.3 cm³/mol. The van der Waals surface area contributed by atoms with Gasteiger partial charge in [-0.3, -0.25) is 4.79 Å². The quantitative estimate of drug-likeness (QED) is 0.824. The van der Waals surface area contributed by atoms with E-state index in [1.807, 2.05) is 18.2 Å². The van der Waals surface area contributed by atoms with Gasteiger partial charge >= 0.3 is 0 Å². The topological polar surface area (TPSA) is 29.1 Å². The molecule has 1 amide bonds. The van der Waals surface area contributed by atoms with Gasteiger partial charge in [0.2, 0.25) is 5.91 Å². The fraction of sp³-hybridized carbons (Fsp3) is 0.235. The SMILES string of the molecule is Cc1ccc([C@H]2C[C@]23C(=O)Nc2ccccc23)cc1. The van der Waals surface area contributed by atoms with Crippen LogP contribution in [0.5, 0.6) is 0 Å². The van der Waals surface area contributed by atoms with Crippen LogP contribution in [0.3, 0.4) is 0 Å². The van der Waals surface area contributed by atoms with Crippen LogP contribution in [0.1, 0.15) is 29.0 Å². The Labute approximate surface area is 112 Å². The summed E-state index contributed by atoms with van der Waals surface area (Å²) in [7, 11) is 0. The molecule has 2 heteroatoms. The standard InChI is InChI=1S/C17H15NO/c1-11-6-8-12(9-7-11)14-10-17(14)13-4-2-3-5-15(13)18-16(17)19/h2-9,14H,10H2,1H3,(H,18,19)/t14-,17-/m1/s1. The lowest BCUT2D eigenvalue weighted by molar-refractivity contribution is -0.118. The molecule has 2 nitrogen and oxygen atoms in total. The molecule has 2 atom stereocenters. The minimum atomic E-state index is -0.300. The van der Waals surface area contributed by atoms with Crippen molar-refractivity contribution in [3.63, 3.8) is 0 Å². The fourth-order valence-corrected chi connectivity index (χ4v) is 3.35. The van der Waals surface area contributed by atoms with Crippen molar-refractivity contribution in [2.24, 2.45) is 0 Å². The number of hydrogen-bond acceptors (Lipinski definition) is 1. The maximum absolute atomic E-state index is 12.4. The van der Waals surface area contributed by atoms with Gasteiger partial charge in [-0.05, 0) is 30.5 Å². The van der Waals surface area contributed by atoms with Gasteiger partial charge in [0.25, 0.3) is 0 Å². The zero-order chi connectivity index (χ0) is 13.0. The Morgan fingerprint density at radius 2 is 1.84 bits per heavy atom. The molecule has 1 aliphatic carbocycles. The normalized spacial score (nSPS) is 27.2. The first-order valence-electron chi connectivity index (χ1n) is 6.69. The van der Waals surface area contributed by atoms with Crippen molar-refractivity contribution >= 4 is 11.6 Å². The zero-order valence-electron chi connectivity index (χ0n) is 10.8. The highest BCUT2D eigenvalue weighted by Crippen LogP contribution is 2.64. The molecule has 0 saturated heterocycles. The summed E-state index contributed by atoms with van der Waals surface area (Å²) in [5.41, 5.74) is 4.39. The second kappa shape index (κ2) is 3.47. The molecule has 0 radical (unpaired) electrons. The van der Waals surface area contributed by atoms with E-state index in [-0.39, 0.29) is 11.3 Å². The Bertz CT molecular complexity index is 674. The van der Waals surface area contributed by atoms with Gasteiger partial charge in [0.15, 0.2) is 0 Å². The molecule has 1 fully saturated rings. The summed E-state index contributed by atoms with van der Waals surface area (Å²) in [6.45, 7) is 2.09. The van der Waals surface area contributed by atoms with Gasteiger partial charge in [0.1, 0.15) is 0 Å². The summed E-state index contributed by atoms with van der Waals surface area (Å²) in [5.74, 6) is 0.496. The molecule has 1 saturated carbocycles. The van der Waals surface area contributed by atoms with E-state index in [9.17, 15) is 4.79 Å². The number of rotatable bonds is 1. The third-order valence-corrected chi connectivity index (χ3v) is 4.50. The lowest BCUT2D eigenvalue weighted by Crippen LogP contribution is -2.20. The van der Waals surface area contributed by atoms with Crippen LogP contribution in [0.2, 0.25) is 0 Å². The molecular formula is C17H15NO. The molecule has 2 aromatic rings. The first kappa shape index (κ1) is 10.8. The van der Waals surface area contributed by atoms with Crippen molar-refractivity contribution in [3.8, 4) is 0 Å². The molecule has 1 heterocycles. The van der Waals surface area contributed by atoms with E-state index in [0.29, 0.717) is 5.92 Å². The van der Waals surface area contributed by atoms with E-state index in [2.05, 4.69) is 42.6 Å². The molecule has 1 aliphatic heterocycles. The predicted octanol–water partition coefficient (Wildman–Crippen LogP) is 3.37. The lowest BCUT2D eigenvalue weighted by atomic mass is 9.92. The highest BCUT2D eigenvalue weighted by Gasteiger charge is 2.64. The fourth-order valence-electron chi connectivity index (χ4n) is 3.35. The summed E-state index contributed by atoms with van der Waals surface area (Å²) in [6.07, 6.45) is 0.929. The Balaban J connectivity index is 1.78. The molecule has 94 valence electrons. The number of nitrogens with one attached hydrogen (secondary N) is 1. The molecule has 0 bridgehead atoms. The number of anilines is 1. The number of para-hydroxylation sites is 1. The maximum atomic E-state index is 12.4. The van der Waals surface area contributed by atoms with E-state index in [1.54, 1.807) is 0 Å². The van der Waals surface area contributed by atoms with Crippen LogP contribution in [0, 0.1) is 6.92 Å². The highest BCUT2D eigenvalue weighted by molar-refractivity contribution is 6.09. The number of aryl methyl sites for hydroxylation is 1. The zero-order valence-corrected chi connectivity index (χ0v) is 10.8. The summed E-state index contributed by atoms with van der Waals surface area (Å²) >= 11 is 0. The monoisotopic (exact) mass is 249 g/mol. The average molecular weight is 249 g/mol. The van der Waals surface area contributed by atoms with E-state index >= 15 is 0 Å². The largest absolute Gasteiger partial charge is 0.325 e. The molecule has 1 N–H and O–H groups in total. The van der Waals surface area contributed by atoms with Gasteiger partial charge in [0, 0.05) is 11.6 Å². The Morgan fingerprint density at radius 1 is 1.11 bits per heavy atom. The second-order valence-corrected chi connectivity index (χ2v) is 5.64. The minimum Gasteiger partial charge on any atom is -0.325 e. The van der Waals surface area contributed by atoms with Crippen LogP contribution >= 0.6 is 0 Å². The van der Waals surface area contributed by atoms with Crippen molar-refractivity contribution in [1.82, 2.24) is 0 Å². The number of hydrogen-bond donors (Lipinski definition) is 1. The molecule has 0 unspecified atom stereocenters. The summed E-state index contributed by atoms with van der Waals surface area (Å²) < 4.78 is 0. The first-order valence-corrected chi connectivity index (χ1v) is 6.69. The van der Waals surface area contributed by atoms with E-state index in [4.69, 9.17) is 0 Å². The molecule has 19 heavy (non-hydrogen) atoms. The highest BCUT2D eigenvalue weighted by atomic mass is 16.2. The summed E-state index contributed by atoms with van der Waals surface area (Å²) in [5, 5.41) is 3.02. The molecule has 1 spiro atoms. The number of benzene rings is 2. The molecular weight excluding hydrogens is 234 g/mol. The maximum Gasteiger partial charge on any atom is 0.235 e. The third-order valence-electron chi connectivity index (χ3n) is 4.50. The van der Waals surface area contributed by atoms with Crippen molar-refractivity contribution in [2.45, 2.75) is 24.7 Å². The summed E-state index contributed by atoms with van der Waals surface area (Å²) in [4.78, 5) is 12.4. The van der Waals surface area contributed by atoms with Gasteiger partial charge in [-0.25, -0.2) is 0 Å². The molecule has 4 rings (SSSR count). The Kier molecular flexibility index (Phi) is 1.97. The van der Waals surface area contributed by atoms with Crippen molar-refractivity contribution < 1.29 is 4.79 Å². The van der Waals surface area contributed by atoms with Gasteiger partial charge in [0.05, 0.1) is 5.41 Å². The van der Waals surface area contributed by atoms with Gasteiger partial charge in [-0.1, -0.05) is 48.0 Å². The van der Waals surface area contributed by atoms with Crippen LogP contribution in [0.15, 0.2) is 48.5 Å². The smallest absolute Gasteiger partial charge is 0.235 e. The van der Waals surface area contributed by atoms with Crippen LogP contribution in [0.25, 0.3) is 0 Å². The van der Waals surface area contributed by atoms with Crippen LogP contribution in [0.4, 0.5) is 5.69 Å². The molecule has 0 aromatic heterocycles. The van der Waals surface area contributed by atoms with E-state index in [0.717, 1.165) is 12.1 Å². The second-order valence-electron chi connectivity index (χ2n) is 5.64. The van der Waals surface area contributed by atoms with Crippen molar-refractivity contribution in [2.75, 3.05) is 5.32 Å². The minimum absolute atomic E-state index is 0.166. The summed E-state index contributed by atoms with van der Waals surface area (Å²) in [6, 6.07) is 16.6. The number of amides is 1. The average Bonchev–Trinajstić information content (AvgIpc) is 3.10. The van der Waals surface area contributed by atoms with Gasteiger partial charge < -0.3 is 5.32 Å². The van der Waals surface area contributed by atoms with Crippen LogP contribution < -0.4 is 5.32 Å². The van der Waals surface area contributed by atoms with Crippen LogP contribution in [-0.4, -0.2) is 5.91 Å². The number of carbonyl (C=O) groups excluding carboxylic acids is 1. The van der Waals surface area contributed by atoms with Crippen molar-refractivity contribution in [3.05, 3.63) is 65.2 Å². The van der Waals surface area contributed by atoms with Crippen LogP contribution in [-0.2, 0) is 10.2 Å². The van der Waals surface area contributed by atoms with E-state index < -0.39 is 0 Å². The molecule has 2 aromatic carbocycles. The van der Waals surface area contributed by atoms with Gasteiger partial charge in [-0.15, -0.1) is 0 Å². The van der Waals surface area contributed by atoms with Gasteiger partial charge in [-0.2, -0.15) is 0 Å². The van der Waals surface area contributed by atoms with Crippen molar-refractivity contribution in [1.29, 1.82) is 0 Å². The Morgan fingerprint density at radius 3 is 2.63 bits per heavy atom. The molecule has 2 aliphatic rings. The number of fused-ring (bicyclic) bond motifs is 2. The third kappa shape index (κ3) is 1.34. The lowest BCUT2D eigenvalue weighted by Gasteiger charge is -2.08. The Hall–Kier alpha value is -2.09. The van der Waals surface area contributed by atoms with E-state index in [1.165, 1.54) is 16.7 Å². The first-order chi connectivity index (χ1) is 9.22.